The van der Waals surface area contributed by atoms with Crippen LogP contribution in [0.4, 0.5) is 5.69 Å². The Kier molecular flexibility index (Phi) is 5.21. The lowest BCUT2D eigenvalue weighted by Gasteiger charge is -2.03. The molecule has 2 heterocycles. The van der Waals surface area contributed by atoms with Crippen molar-refractivity contribution < 1.29 is 14.5 Å². The molecule has 0 aliphatic carbocycles. The highest BCUT2D eigenvalue weighted by Crippen LogP contribution is 2.23. The second kappa shape index (κ2) is 7.59. The molecular weight excluding hydrogens is 360 g/mol. The molecule has 2 aromatic heterocycles. The van der Waals surface area contributed by atoms with E-state index in [1.165, 1.54) is 23.7 Å². The van der Waals surface area contributed by atoms with Crippen LogP contribution in [0.3, 0.4) is 0 Å². The van der Waals surface area contributed by atoms with Crippen molar-refractivity contribution >= 4 is 17.3 Å². The predicted octanol–water partition coefficient (Wildman–Crippen LogP) is 3.74. The molecule has 144 valence electrons. The minimum atomic E-state index is -0.454. The number of H-pyrrole nitrogens is 1. The lowest BCUT2D eigenvalue weighted by Crippen LogP contribution is -2.13. The fraction of sp³-hybridized carbons (Fsp3) is 0.250. The van der Waals surface area contributed by atoms with Gasteiger partial charge in [-0.3, -0.25) is 24.4 Å². The number of carbonyl (C=O) groups excluding carboxylic acids is 2. The smallest absolute Gasteiger partial charge is 0.269 e. The third-order valence-corrected chi connectivity index (χ3v) is 4.63. The molecule has 8 nitrogen and oxygen atoms in total. The van der Waals surface area contributed by atoms with E-state index in [0.717, 1.165) is 16.7 Å². The normalized spacial score (nSPS) is 10.8. The average Bonchev–Trinajstić information content (AvgIpc) is 3.25. The van der Waals surface area contributed by atoms with Crippen LogP contribution in [0, 0.1) is 17.0 Å². The lowest BCUT2D eigenvalue weighted by atomic mass is 10.0. The quantitative estimate of drug-likeness (QED) is 0.381. The molecule has 0 saturated heterocycles. The molecule has 3 aromatic rings. The van der Waals surface area contributed by atoms with Gasteiger partial charge in [0.05, 0.1) is 16.8 Å². The molecule has 0 saturated carbocycles. The predicted molar refractivity (Wildman–Crippen MR) is 104 cm³/mol. The molecule has 28 heavy (non-hydrogen) atoms. The SMILES string of the molecule is CCc1c(C(=O)Cn2cc(-c3ccc([N+](=O)[O-])cc3)cn2)[nH]c(C)c1C(C)=O. The summed E-state index contributed by atoms with van der Waals surface area (Å²) >= 11 is 0. The van der Waals surface area contributed by atoms with Gasteiger partial charge in [0.2, 0.25) is 5.78 Å². The highest BCUT2D eigenvalue weighted by molar-refractivity contribution is 6.03. The van der Waals surface area contributed by atoms with E-state index in [1.807, 2.05) is 6.92 Å². The number of nitro groups is 1. The summed E-state index contributed by atoms with van der Waals surface area (Å²) in [7, 11) is 0. The van der Waals surface area contributed by atoms with Crippen molar-refractivity contribution in [2.24, 2.45) is 0 Å². The summed E-state index contributed by atoms with van der Waals surface area (Å²) in [6, 6.07) is 6.14. The van der Waals surface area contributed by atoms with Crippen LogP contribution in [0.15, 0.2) is 36.7 Å². The standard InChI is InChI=1S/C20H20N4O4/c1-4-17-19(13(3)25)12(2)22-20(17)18(26)11-23-10-15(9-21-23)14-5-7-16(8-6-14)24(27)28/h5-10,22H,4,11H2,1-3H3. The third-order valence-electron chi connectivity index (χ3n) is 4.63. The first-order valence-electron chi connectivity index (χ1n) is 8.84. The zero-order valence-electron chi connectivity index (χ0n) is 15.9. The molecule has 0 bridgehead atoms. The molecule has 0 fully saturated rings. The summed E-state index contributed by atoms with van der Waals surface area (Å²) in [5, 5.41) is 15.0. The first-order chi connectivity index (χ1) is 13.3. The minimum absolute atomic E-state index is 0.0156. The van der Waals surface area contributed by atoms with Crippen LogP contribution in [0.1, 0.15) is 46.0 Å². The van der Waals surface area contributed by atoms with Crippen molar-refractivity contribution in [2.45, 2.75) is 33.7 Å². The van der Waals surface area contributed by atoms with Gasteiger partial charge in [-0.2, -0.15) is 5.10 Å². The fourth-order valence-electron chi connectivity index (χ4n) is 3.35. The number of aromatic nitrogens is 3. The second-order valence-corrected chi connectivity index (χ2v) is 6.54. The number of nitrogens with zero attached hydrogens (tertiary/aromatic N) is 3. The van der Waals surface area contributed by atoms with Crippen molar-refractivity contribution in [3.8, 4) is 11.1 Å². The van der Waals surface area contributed by atoms with Gasteiger partial charge in [-0.25, -0.2) is 0 Å². The highest BCUT2D eigenvalue weighted by Gasteiger charge is 2.22. The number of aryl methyl sites for hydroxylation is 1. The maximum Gasteiger partial charge on any atom is 0.269 e. The number of Topliss-reactive ketones (excluding diaryl/α,β-unsaturated/α-hetero) is 2. The van der Waals surface area contributed by atoms with Crippen molar-refractivity contribution in [1.82, 2.24) is 14.8 Å². The number of hydrogen-bond donors (Lipinski definition) is 1. The van der Waals surface area contributed by atoms with E-state index in [4.69, 9.17) is 0 Å². The molecule has 0 spiro atoms. The summed E-state index contributed by atoms with van der Waals surface area (Å²) < 4.78 is 1.52. The second-order valence-electron chi connectivity index (χ2n) is 6.54. The fourth-order valence-corrected chi connectivity index (χ4v) is 3.35. The Hall–Kier alpha value is -3.55. The number of aromatic amines is 1. The van der Waals surface area contributed by atoms with Crippen LogP contribution in [0.2, 0.25) is 0 Å². The molecule has 8 heteroatoms. The minimum Gasteiger partial charge on any atom is -0.355 e. The van der Waals surface area contributed by atoms with Crippen LogP contribution in [0.25, 0.3) is 11.1 Å². The summed E-state index contributed by atoms with van der Waals surface area (Å²) in [4.78, 5) is 38.0. The molecule has 0 atom stereocenters. The number of non-ortho nitro benzene ring substituents is 1. The monoisotopic (exact) mass is 380 g/mol. The topological polar surface area (TPSA) is 111 Å². The van der Waals surface area contributed by atoms with Gasteiger partial charge < -0.3 is 4.98 Å². The van der Waals surface area contributed by atoms with E-state index in [9.17, 15) is 19.7 Å². The van der Waals surface area contributed by atoms with Crippen molar-refractivity contribution in [1.29, 1.82) is 0 Å². The van der Waals surface area contributed by atoms with Gasteiger partial charge in [-0.15, -0.1) is 0 Å². The first kappa shape index (κ1) is 19.2. The summed E-state index contributed by atoms with van der Waals surface area (Å²) in [6.07, 6.45) is 3.90. The van der Waals surface area contributed by atoms with E-state index in [0.29, 0.717) is 23.4 Å². The summed E-state index contributed by atoms with van der Waals surface area (Å²) in [6.45, 7) is 5.21. The number of hydrogen-bond acceptors (Lipinski definition) is 5. The van der Waals surface area contributed by atoms with E-state index in [-0.39, 0.29) is 23.8 Å². The van der Waals surface area contributed by atoms with Crippen molar-refractivity contribution in [3.63, 3.8) is 0 Å². The zero-order valence-corrected chi connectivity index (χ0v) is 15.9. The van der Waals surface area contributed by atoms with Gasteiger partial charge in [0.25, 0.3) is 5.69 Å². The van der Waals surface area contributed by atoms with Gasteiger partial charge >= 0.3 is 0 Å². The van der Waals surface area contributed by atoms with E-state index >= 15 is 0 Å². The molecule has 1 N–H and O–H groups in total. The molecule has 0 amide bonds. The lowest BCUT2D eigenvalue weighted by molar-refractivity contribution is -0.384. The number of ketones is 2. The summed E-state index contributed by atoms with van der Waals surface area (Å²) in [5.74, 6) is -0.227. The van der Waals surface area contributed by atoms with Gasteiger partial charge in [-0.1, -0.05) is 6.92 Å². The molecule has 1 aromatic carbocycles. The van der Waals surface area contributed by atoms with Crippen LogP contribution in [-0.4, -0.2) is 31.3 Å². The molecule has 3 rings (SSSR count). The maximum atomic E-state index is 12.8. The summed E-state index contributed by atoms with van der Waals surface area (Å²) in [5.41, 5.74) is 3.99. The van der Waals surface area contributed by atoms with Crippen LogP contribution in [-0.2, 0) is 13.0 Å². The van der Waals surface area contributed by atoms with Crippen LogP contribution >= 0.6 is 0 Å². The van der Waals surface area contributed by atoms with E-state index in [2.05, 4.69) is 10.1 Å². The van der Waals surface area contributed by atoms with Crippen molar-refractivity contribution in [2.75, 3.05) is 0 Å². The Morgan fingerprint density at radius 3 is 2.46 bits per heavy atom. The first-order valence-corrected chi connectivity index (χ1v) is 8.84. The van der Waals surface area contributed by atoms with Gasteiger partial charge in [0.1, 0.15) is 6.54 Å². The van der Waals surface area contributed by atoms with Crippen molar-refractivity contribution in [3.05, 3.63) is 69.3 Å². The molecular formula is C20H20N4O4. The van der Waals surface area contributed by atoms with E-state index in [1.54, 1.807) is 31.5 Å². The Bertz CT molecular complexity index is 1060. The Balaban J connectivity index is 1.82. The molecule has 0 aliphatic heterocycles. The average molecular weight is 380 g/mol. The van der Waals surface area contributed by atoms with Gasteiger partial charge in [0.15, 0.2) is 5.78 Å². The Morgan fingerprint density at radius 1 is 1.21 bits per heavy atom. The third kappa shape index (κ3) is 3.62. The molecule has 0 aliphatic rings. The number of carbonyl (C=O) groups is 2. The molecule has 0 unspecified atom stereocenters. The van der Waals surface area contributed by atoms with Gasteiger partial charge in [0, 0.05) is 35.2 Å². The Labute approximate surface area is 161 Å². The van der Waals surface area contributed by atoms with E-state index < -0.39 is 4.92 Å². The zero-order chi connectivity index (χ0) is 20.4. The number of rotatable bonds is 7. The highest BCUT2D eigenvalue weighted by atomic mass is 16.6. The number of nitrogens with one attached hydrogen (secondary N) is 1. The Morgan fingerprint density at radius 2 is 1.89 bits per heavy atom. The maximum absolute atomic E-state index is 12.8. The van der Waals surface area contributed by atoms with Crippen LogP contribution < -0.4 is 0 Å². The molecule has 0 radical (unpaired) electrons. The van der Waals surface area contributed by atoms with Gasteiger partial charge in [-0.05, 0) is 43.5 Å². The number of benzene rings is 1. The number of nitro benzene ring substituents is 1. The van der Waals surface area contributed by atoms with Crippen LogP contribution in [0.5, 0.6) is 0 Å². The largest absolute Gasteiger partial charge is 0.355 e.